The fourth-order valence-electron chi connectivity index (χ4n) is 3.22. The Labute approximate surface area is 132 Å². The first-order valence-corrected chi connectivity index (χ1v) is 8.54. The maximum atomic E-state index is 12.0. The van der Waals surface area contributed by atoms with E-state index < -0.39 is 11.9 Å². The van der Waals surface area contributed by atoms with Gasteiger partial charge in [0.05, 0.1) is 12.0 Å². The van der Waals surface area contributed by atoms with Gasteiger partial charge in [0.1, 0.15) is 0 Å². The van der Waals surface area contributed by atoms with E-state index in [-0.39, 0.29) is 6.03 Å². The lowest BCUT2D eigenvalue weighted by atomic mass is 9.98. The van der Waals surface area contributed by atoms with Gasteiger partial charge in [-0.2, -0.15) is 0 Å². The van der Waals surface area contributed by atoms with Gasteiger partial charge in [0.25, 0.3) is 0 Å². The number of rotatable bonds is 6. The zero-order chi connectivity index (χ0) is 15.8. The zero-order valence-corrected chi connectivity index (χ0v) is 13.3. The number of piperidine rings is 1. The molecule has 1 aliphatic heterocycles. The highest BCUT2D eigenvalue weighted by atomic mass is 16.5. The molecule has 6 heteroatoms. The van der Waals surface area contributed by atoms with Crippen molar-refractivity contribution in [3.05, 3.63) is 0 Å². The van der Waals surface area contributed by atoms with E-state index in [1.54, 1.807) is 4.90 Å². The number of amides is 2. The minimum atomic E-state index is -0.807. The second-order valence-corrected chi connectivity index (χ2v) is 6.34. The highest BCUT2D eigenvalue weighted by molar-refractivity contribution is 5.76. The molecule has 1 saturated heterocycles. The molecule has 0 spiro atoms. The number of hydrogen-bond donors (Lipinski definition) is 2. The third-order valence-electron chi connectivity index (χ3n) is 4.56. The van der Waals surface area contributed by atoms with Gasteiger partial charge in [-0.05, 0) is 32.1 Å². The summed E-state index contributed by atoms with van der Waals surface area (Å²) in [6.07, 6.45) is 8.81. The maximum absolute atomic E-state index is 12.0. The Bertz CT molecular complexity index is 369. The van der Waals surface area contributed by atoms with E-state index in [0.717, 1.165) is 25.7 Å². The van der Waals surface area contributed by atoms with Crippen LogP contribution in [0.1, 0.15) is 51.4 Å². The molecule has 22 heavy (non-hydrogen) atoms. The lowest BCUT2D eigenvalue weighted by molar-refractivity contribution is -0.143. The van der Waals surface area contributed by atoms with Crippen molar-refractivity contribution >= 4 is 12.0 Å². The second kappa shape index (κ2) is 8.98. The van der Waals surface area contributed by atoms with Crippen LogP contribution in [0.15, 0.2) is 0 Å². The predicted molar refractivity (Wildman–Crippen MR) is 82.8 cm³/mol. The number of urea groups is 1. The van der Waals surface area contributed by atoms with Crippen LogP contribution in [0.3, 0.4) is 0 Å². The van der Waals surface area contributed by atoms with Crippen LogP contribution in [0.5, 0.6) is 0 Å². The molecular formula is C16H28N2O4. The van der Waals surface area contributed by atoms with Crippen LogP contribution >= 0.6 is 0 Å². The predicted octanol–water partition coefficient (Wildman–Crippen LogP) is 2.23. The van der Waals surface area contributed by atoms with Crippen molar-refractivity contribution in [1.29, 1.82) is 0 Å². The normalized spacial score (nSPS) is 23.3. The summed E-state index contributed by atoms with van der Waals surface area (Å²) in [5.41, 5.74) is 0. The molecule has 2 aliphatic rings. The number of carboxylic acids is 1. The van der Waals surface area contributed by atoms with Crippen LogP contribution in [-0.2, 0) is 9.53 Å². The topological polar surface area (TPSA) is 78.9 Å². The number of nitrogens with zero attached hydrogens (tertiary/aromatic N) is 1. The minimum Gasteiger partial charge on any atom is -0.481 e. The third kappa shape index (κ3) is 5.48. The van der Waals surface area contributed by atoms with Gasteiger partial charge in [-0.15, -0.1) is 0 Å². The van der Waals surface area contributed by atoms with Crippen LogP contribution in [0.4, 0.5) is 4.79 Å². The number of hydrogen-bond acceptors (Lipinski definition) is 3. The van der Waals surface area contributed by atoms with Gasteiger partial charge in [-0.3, -0.25) is 4.79 Å². The molecular weight excluding hydrogens is 284 g/mol. The zero-order valence-electron chi connectivity index (χ0n) is 13.3. The lowest BCUT2D eigenvalue weighted by Gasteiger charge is -2.30. The molecule has 2 fully saturated rings. The first-order valence-electron chi connectivity index (χ1n) is 8.54. The van der Waals surface area contributed by atoms with Crippen LogP contribution in [0, 0.1) is 5.92 Å². The molecule has 1 saturated carbocycles. The number of ether oxygens (including phenoxy) is 1. The molecule has 1 atom stereocenters. The van der Waals surface area contributed by atoms with Gasteiger partial charge >= 0.3 is 12.0 Å². The van der Waals surface area contributed by atoms with E-state index >= 15 is 0 Å². The average Bonchev–Trinajstić information content (AvgIpc) is 2.55. The maximum Gasteiger partial charge on any atom is 0.317 e. The van der Waals surface area contributed by atoms with Crippen molar-refractivity contribution in [2.45, 2.75) is 57.5 Å². The molecule has 0 aromatic heterocycles. The number of carbonyl (C=O) groups is 2. The Morgan fingerprint density at radius 1 is 1.14 bits per heavy atom. The SMILES string of the molecule is O=C(O)C1CCCN(C(=O)NCCCOC2CCCCC2)C1. The fraction of sp³-hybridized carbons (Fsp3) is 0.875. The monoisotopic (exact) mass is 312 g/mol. The largest absolute Gasteiger partial charge is 0.481 e. The van der Waals surface area contributed by atoms with E-state index in [0.29, 0.717) is 38.8 Å². The smallest absolute Gasteiger partial charge is 0.317 e. The van der Waals surface area contributed by atoms with Crippen LogP contribution in [0.2, 0.25) is 0 Å². The van der Waals surface area contributed by atoms with Crippen LogP contribution in [-0.4, -0.2) is 54.4 Å². The first kappa shape index (κ1) is 17.1. The number of aliphatic carboxylic acids is 1. The summed E-state index contributed by atoms with van der Waals surface area (Å²) in [5.74, 6) is -1.23. The van der Waals surface area contributed by atoms with Crippen molar-refractivity contribution in [3.8, 4) is 0 Å². The van der Waals surface area contributed by atoms with Crippen LogP contribution < -0.4 is 5.32 Å². The number of nitrogens with one attached hydrogen (secondary N) is 1. The molecule has 0 radical (unpaired) electrons. The van der Waals surface area contributed by atoms with E-state index in [1.165, 1.54) is 19.3 Å². The summed E-state index contributed by atoms with van der Waals surface area (Å²) >= 11 is 0. The second-order valence-electron chi connectivity index (χ2n) is 6.34. The van der Waals surface area contributed by atoms with Gasteiger partial charge in [0.15, 0.2) is 0 Å². The van der Waals surface area contributed by atoms with Crippen LogP contribution in [0.25, 0.3) is 0 Å². The number of carboxylic acid groups (broad SMARTS) is 1. The Balaban J connectivity index is 1.56. The van der Waals surface area contributed by atoms with Gasteiger partial charge in [-0.25, -0.2) is 4.79 Å². The quantitative estimate of drug-likeness (QED) is 0.737. The molecule has 126 valence electrons. The summed E-state index contributed by atoms with van der Waals surface area (Å²) in [7, 11) is 0. The van der Waals surface area contributed by atoms with Crippen molar-refractivity contribution < 1.29 is 19.4 Å². The Morgan fingerprint density at radius 2 is 1.91 bits per heavy atom. The molecule has 0 aromatic carbocycles. The molecule has 2 amide bonds. The molecule has 1 aliphatic carbocycles. The van der Waals surface area contributed by atoms with E-state index in [2.05, 4.69) is 5.32 Å². The summed E-state index contributed by atoms with van der Waals surface area (Å²) in [5, 5.41) is 11.9. The van der Waals surface area contributed by atoms with Gasteiger partial charge in [0.2, 0.25) is 0 Å². The molecule has 6 nitrogen and oxygen atoms in total. The highest BCUT2D eigenvalue weighted by Gasteiger charge is 2.27. The lowest BCUT2D eigenvalue weighted by Crippen LogP contribution is -2.47. The molecule has 1 heterocycles. The van der Waals surface area contributed by atoms with E-state index in [1.807, 2.05) is 0 Å². The Morgan fingerprint density at radius 3 is 2.64 bits per heavy atom. The van der Waals surface area contributed by atoms with E-state index in [4.69, 9.17) is 9.84 Å². The minimum absolute atomic E-state index is 0.149. The van der Waals surface area contributed by atoms with Crippen molar-refractivity contribution in [1.82, 2.24) is 10.2 Å². The Kier molecular flexibility index (Phi) is 6.96. The van der Waals surface area contributed by atoms with E-state index in [9.17, 15) is 9.59 Å². The van der Waals surface area contributed by atoms with Crippen molar-refractivity contribution in [2.24, 2.45) is 5.92 Å². The first-order chi connectivity index (χ1) is 10.7. The van der Waals surface area contributed by atoms with Gasteiger partial charge in [0, 0.05) is 26.2 Å². The summed E-state index contributed by atoms with van der Waals surface area (Å²) in [6, 6.07) is -0.149. The molecule has 0 aromatic rings. The fourth-order valence-corrected chi connectivity index (χ4v) is 3.22. The van der Waals surface area contributed by atoms with Gasteiger partial charge < -0.3 is 20.1 Å². The van der Waals surface area contributed by atoms with Crippen molar-refractivity contribution in [2.75, 3.05) is 26.2 Å². The standard InChI is InChI=1S/C16H28N2O4/c19-15(20)13-6-4-10-18(12-13)16(21)17-9-5-11-22-14-7-2-1-3-8-14/h13-14H,1-12H2,(H,17,21)(H,19,20). The van der Waals surface area contributed by atoms with Crippen molar-refractivity contribution in [3.63, 3.8) is 0 Å². The molecule has 2 rings (SSSR count). The molecule has 1 unspecified atom stereocenters. The summed E-state index contributed by atoms with van der Waals surface area (Å²) in [4.78, 5) is 24.6. The summed E-state index contributed by atoms with van der Waals surface area (Å²) in [6.45, 7) is 2.23. The number of likely N-dealkylation sites (tertiary alicyclic amines) is 1. The molecule has 0 bridgehead atoms. The summed E-state index contributed by atoms with van der Waals surface area (Å²) < 4.78 is 5.82. The highest BCUT2D eigenvalue weighted by Crippen LogP contribution is 2.20. The molecule has 2 N–H and O–H groups in total. The third-order valence-corrected chi connectivity index (χ3v) is 4.56. The van der Waals surface area contributed by atoms with Gasteiger partial charge in [-0.1, -0.05) is 19.3 Å². The average molecular weight is 312 g/mol. The Hall–Kier alpha value is -1.30. The number of carbonyl (C=O) groups excluding carboxylic acids is 1.